The van der Waals surface area contributed by atoms with Crippen LogP contribution in [0.3, 0.4) is 0 Å². The van der Waals surface area contributed by atoms with E-state index in [-0.39, 0.29) is 43.6 Å². The van der Waals surface area contributed by atoms with E-state index in [2.05, 4.69) is 26.3 Å². The minimum absolute atomic E-state index is 0.0204. The molecule has 0 spiro atoms. The first-order valence-corrected chi connectivity index (χ1v) is 18.0. The van der Waals surface area contributed by atoms with Crippen LogP contribution in [0.15, 0.2) is 53.5 Å². The van der Waals surface area contributed by atoms with Crippen LogP contribution in [-0.4, -0.2) is 63.0 Å². The summed E-state index contributed by atoms with van der Waals surface area (Å²) in [7, 11) is 0. The molecule has 7 rings (SSSR count). The van der Waals surface area contributed by atoms with Crippen LogP contribution in [0.25, 0.3) is 10.6 Å². The van der Waals surface area contributed by atoms with E-state index >= 15 is 0 Å². The summed E-state index contributed by atoms with van der Waals surface area (Å²) in [4.78, 5) is 69.6. The number of benzene rings is 1. The Kier molecular flexibility index (Phi) is 10.6. The maximum absolute atomic E-state index is 13.5. The van der Waals surface area contributed by atoms with E-state index in [4.69, 9.17) is 0 Å². The van der Waals surface area contributed by atoms with Gasteiger partial charge in [0.1, 0.15) is 28.3 Å². The molecule has 5 N–H and O–H groups in total. The minimum Gasteiger partial charge on any atom is -0.372 e. The fourth-order valence-electron chi connectivity index (χ4n) is 8.09. The van der Waals surface area contributed by atoms with Gasteiger partial charge in [-0.3, -0.25) is 24.0 Å². The average Bonchev–Trinajstić information content (AvgIpc) is 3.48. The van der Waals surface area contributed by atoms with Gasteiger partial charge >= 0.3 is 0 Å². The van der Waals surface area contributed by atoms with Crippen LogP contribution in [0.5, 0.6) is 0 Å². The molecule has 4 aliphatic rings. The van der Waals surface area contributed by atoms with Crippen molar-refractivity contribution in [3.8, 4) is 10.6 Å². The van der Waals surface area contributed by atoms with Crippen molar-refractivity contribution < 1.29 is 24.3 Å². The molecule has 49 heavy (non-hydrogen) atoms. The molecule has 3 aromatic rings. The van der Waals surface area contributed by atoms with Crippen molar-refractivity contribution in [3.63, 3.8) is 0 Å². The predicted molar refractivity (Wildman–Crippen MR) is 186 cm³/mol. The topological polar surface area (TPSA) is 172 Å². The number of thiazole rings is 1. The van der Waals surface area contributed by atoms with Crippen LogP contribution in [0.4, 0.5) is 5.69 Å². The zero-order valence-electron chi connectivity index (χ0n) is 27.8. The number of carbonyl (C=O) groups excluding carboxylic acids is 4. The highest BCUT2D eigenvalue weighted by Crippen LogP contribution is 2.53. The minimum atomic E-state index is -1.52. The number of hydrogen-bond donors (Lipinski definition) is 5. The normalized spacial score (nSPS) is 23.4. The second-order valence-corrected chi connectivity index (χ2v) is 14.7. The van der Waals surface area contributed by atoms with E-state index in [9.17, 15) is 29.1 Å². The third kappa shape index (κ3) is 7.94. The second kappa shape index (κ2) is 15.0. The Balaban J connectivity index is 1.14. The maximum atomic E-state index is 13.5. The van der Waals surface area contributed by atoms with E-state index in [1.807, 2.05) is 30.3 Å². The SMILES string of the molecule is CCNC(=O)C(=O)CC[C@H](NC(=O)c1sc(-c2ccccc2)nc1C)C(O)Nc1cccn(CC(=O)NC2C3CC4CC(C3)CC2C4)c1=O. The van der Waals surface area contributed by atoms with Crippen molar-refractivity contribution in [2.45, 2.75) is 83.6 Å². The van der Waals surface area contributed by atoms with Gasteiger partial charge in [-0.15, -0.1) is 11.3 Å². The summed E-state index contributed by atoms with van der Waals surface area (Å²) < 4.78 is 1.29. The van der Waals surface area contributed by atoms with Gasteiger partial charge in [0.05, 0.1) is 11.7 Å². The standard InChI is InChI=1S/C36H44N6O6S/c1-3-37-33(46)28(43)12-11-26(39-34(47)31-20(2)38-35(49-31)23-8-5-4-6-9-23)32(45)40-27-10-7-13-42(36(27)48)19-29(44)41-30-24-15-21-14-22(17-24)18-25(30)16-21/h4-10,13,21-22,24-26,30,32,40,45H,3,11-12,14-19H2,1-2H3,(H,37,46)(H,39,47)(H,41,44)/t21?,22?,24?,25?,26-,30?,32?/m0/s1. The summed E-state index contributed by atoms with van der Waals surface area (Å²) in [5, 5.41) is 23.2. The molecule has 2 atom stereocenters. The van der Waals surface area contributed by atoms with Crippen molar-refractivity contribution in [1.82, 2.24) is 25.5 Å². The second-order valence-electron chi connectivity index (χ2n) is 13.7. The van der Waals surface area contributed by atoms with Crippen LogP contribution in [0, 0.1) is 30.6 Å². The van der Waals surface area contributed by atoms with Gasteiger partial charge < -0.3 is 30.9 Å². The molecular weight excluding hydrogens is 644 g/mol. The smallest absolute Gasteiger partial charge is 0.287 e. The molecule has 0 aliphatic heterocycles. The molecule has 4 bridgehead atoms. The highest BCUT2D eigenvalue weighted by atomic mass is 32.1. The lowest BCUT2D eigenvalue weighted by atomic mass is 9.54. The highest BCUT2D eigenvalue weighted by molar-refractivity contribution is 7.17. The molecule has 3 amide bonds. The van der Waals surface area contributed by atoms with E-state index in [1.54, 1.807) is 19.9 Å². The van der Waals surface area contributed by atoms with Gasteiger partial charge in [0.25, 0.3) is 17.4 Å². The fraction of sp³-hybridized carbons (Fsp3) is 0.500. The Hall–Kier alpha value is -4.36. The van der Waals surface area contributed by atoms with Gasteiger partial charge in [-0.25, -0.2) is 4.98 Å². The lowest BCUT2D eigenvalue weighted by molar-refractivity contribution is -0.138. The number of aliphatic hydroxyl groups excluding tert-OH is 1. The number of ketones is 1. The number of carbonyl (C=O) groups is 4. The third-order valence-electron chi connectivity index (χ3n) is 10.2. The molecule has 0 saturated heterocycles. The Morgan fingerprint density at radius 3 is 2.37 bits per heavy atom. The first kappa shape index (κ1) is 34.5. The number of aliphatic hydroxyl groups is 1. The number of pyridine rings is 1. The average molecular weight is 689 g/mol. The lowest BCUT2D eigenvalue weighted by Crippen LogP contribution is -2.56. The van der Waals surface area contributed by atoms with E-state index in [0.717, 1.165) is 17.4 Å². The van der Waals surface area contributed by atoms with Gasteiger partial charge in [0.2, 0.25) is 11.7 Å². The number of likely N-dealkylation sites (N-methyl/N-ethyl adjacent to an activating group) is 1. The summed E-state index contributed by atoms with van der Waals surface area (Å²) >= 11 is 1.20. The van der Waals surface area contributed by atoms with Crippen LogP contribution < -0.4 is 26.8 Å². The quantitative estimate of drug-likeness (QED) is 0.127. The van der Waals surface area contributed by atoms with Crippen molar-refractivity contribution in [2.75, 3.05) is 11.9 Å². The number of nitrogens with one attached hydrogen (secondary N) is 4. The zero-order chi connectivity index (χ0) is 34.7. The summed E-state index contributed by atoms with van der Waals surface area (Å²) in [6.45, 7) is 3.53. The summed E-state index contributed by atoms with van der Waals surface area (Å²) in [6, 6.07) is 11.6. The fourth-order valence-corrected chi connectivity index (χ4v) is 9.07. The molecule has 4 aliphatic carbocycles. The molecule has 4 fully saturated rings. The number of nitrogens with zero attached hydrogens (tertiary/aromatic N) is 2. The van der Waals surface area contributed by atoms with Crippen LogP contribution in [-0.2, 0) is 20.9 Å². The zero-order valence-corrected chi connectivity index (χ0v) is 28.6. The third-order valence-corrected chi connectivity index (χ3v) is 11.4. The molecular formula is C36H44N6O6S. The molecule has 4 saturated carbocycles. The molecule has 12 nitrogen and oxygen atoms in total. The molecule has 2 heterocycles. The van der Waals surface area contributed by atoms with Crippen molar-refractivity contribution in [2.24, 2.45) is 23.7 Å². The van der Waals surface area contributed by atoms with Crippen LogP contribution >= 0.6 is 11.3 Å². The number of amides is 3. The monoisotopic (exact) mass is 688 g/mol. The number of aryl methyl sites for hydroxylation is 1. The predicted octanol–water partition coefficient (Wildman–Crippen LogP) is 3.24. The van der Waals surface area contributed by atoms with Crippen LogP contribution in [0.1, 0.15) is 67.2 Å². The van der Waals surface area contributed by atoms with Crippen molar-refractivity contribution in [3.05, 3.63) is 69.6 Å². The first-order valence-electron chi connectivity index (χ1n) is 17.2. The molecule has 1 unspecified atom stereocenters. The number of hydrogen-bond acceptors (Lipinski definition) is 9. The summed E-state index contributed by atoms with van der Waals surface area (Å²) in [5.74, 6) is 0.397. The largest absolute Gasteiger partial charge is 0.372 e. The molecule has 13 heteroatoms. The number of anilines is 1. The number of aromatic nitrogens is 2. The van der Waals surface area contributed by atoms with Gasteiger partial charge in [0.15, 0.2) is 0 Å². The Bertz CT molecular complexity index is 1730. The first-order chi connectivity index (χ1) is 23.6. The summed E-state index contributed by atoms with van der Waals surface area (Å²) in [5.41, 5.74) is 0.856. The lowest BCUT2D eigenvalue weighted by Gasteiger charge is -2.54. The van der Waals surface area contributed by atoms with Crippen LogP contribution in [0.2, 0.25) is 0 Å². The Morgan fingerprint density at radius 1 is 1.00 bits per heavy atom. The maximum Gasteiger partial charge on any atom is 0.287 e. The van der Waals surface area contributed by atoms with E-state index in [1.165, 1.54) is 60.3 Å². The van der Waals surface area contributed by atoms with Crippen molar-refractivity contribution >= 4 is 40.5 Å². The van der Waals surface area contributed by atoms with Crippen molar-refractivity contribution in [1.29, 1.82) is 0 Å². The Labute approximate surface area is 289 Å². The molecule has 1 aromatic carbocycles. The van der Waals surface area contributed by atoms with Gasteiger partial charge in [-0.05, 0) is 88.2 Å². The van der Waals surface area contributed by atoms with Gasteiger partial charge in [-0.1, -0.05) is 30.3 Å². The number of Topliss-reactive ketones (excluding diaryl/α,β-unsaturated/α-hetero) is 1. The molecule has 0 radical (unpaired) electrons. The van der Waals surface area contributed by atoms with E-state index < -0.39 is 35.4 Å². The Morgan fingerprint density at radius 2 is 1.69 bits per heavy atom. The molecule has 2 aromatic heterocycles. The molecule has 260 valence electrons. The summed E-state index contributed by atoms with van der Waals surface area (Å²) in [6.07, 6.45) is 5.65. The highest BCUT2D eigenvalue weighted by Gasteiger charge is 2.48. The van der Waals surface area contributed by atoms with Gasteiger partial charge in [-0.2, -0.15) is 0 Å². The van der Waals surface area contributed by atoms with Gasteiger partial charge in [0, 0.05) is 30.8 Å². The number of rotatable bonds is 14. The van der Waals surface area contributed by atoms with E-state index in [0.29, 0.717) is 27.4 Å².